The highest BCUT2D eigenvalue weighted by Gasteiger charge is 2.13. The maximum atomic E-state index is 9.78. The molecule has 0 aliphatic carbocycles. The molecular formula is C13H20O2. The Morgan fingerprint density at radius 3 is 2.20 bits per heavy atom. The van der Waals surface area contributed by atoms with Crippen molar-refractivity contribution in [2.24, 2.45) is 0 Å². The van der Waals surface area contributed by atoms with E-state index in [1.54, 1.807) is 6.07 Å². The molecule has 2 N–H and O–H groups in total. The first-order valence-electron chi connectivity index (χ1n) is 5.41. The summed E-state index contributed by atoms with van der Waals surface area (Å²) in [6.07, 6.45) is 0. The molecule has 0 heterocycles. The zero-order chi connectivity index (χ0) is 11.6. The van der Waals surface area contributed by atoms with Crippen LogP contribution in [-0.2, 0) is 0 Å². The normalized spacial score (nSPS) is 13.2. The number of aliphatic hydroxyl groups excluding tert-OH is 1. The van der Waals surface area contributed by atoms with Gasteiger partial charge in [-0.25, -0.2) is 0 Å². The topological polar surface area (TPSA) is 40.5 Å². The van der Waals surface area contributed by atoms with E-state index in [1.165, 1.54) is 0 Å². The minimum Gasteiger partial charge on any atom is -0.508 e. The second-order valence-corrected chi connectivity index (χ2v) is 4.51. The predicted molar refractivity (Wildman–Crippen MR) is 62.4 cm³/mol. The fourth-order valence-corrected chi connectivity index (χ4v) is 1.82. The summed E-state index contributed by atoms with van der Waals surface area (Å²) in [6, 6.07) is 3.80. The van der Waals surface area contributed by atoms with Crippen molar-refractivity contribution in [1.29, 1.82) is 0 Å². The number of hydrogen-bond donors (Lipinski definition) is 2. The van der Waals surface area contributed by atoms with Gasteiger partial charge in [0.1, 0.15) is 5.75 Å². The molecule has 0 saturated carbocycles. The third-order valence-electron chi connectivity index (χ3n) is 2.84. The van der Waals surface area contributed by atoms with Crippen molar-refractivity contribution in [2.45, 2.75) is 39.5 Å². The summed E-state index contributed by atoms with van der Waals surface area (Å²) < 4.78 is 0. The van der Waals surface area contributed by atoms with Crippen LogP contribution in [0.3, 0.4) is 0 Å². The summed E-state index contributed by atoms with van der Waals surface area (Å²) in [6.45, 7) is 8.20. The van der Waals surface area contributed by atoms with E-state index in [2.05, 4.69) is 13.8 Å². The quantitative estimate of drug-likeness (QED) is 0.801. The molecule has 1 unspecified atom stereocenters. The molecule has 0 saturated heterocycles. The second-order valence-electron chi connectivity index (χ2n) is 4.51. The Kier molecular flexibility index (Phi) is 3.75. The SMILES string of the molecule is Cc1cc(O)c(C(C)C)cc1C(C)CO. The molecule has 2 nitrogen and oxygen atoms in total. The summed E-state index contributed by atoms with van der Waals surface area (Å²) in [5.41, 5.74) is 3.12. The van der Waals surface area contributed by atoms with Gasteiger partial charge in [0.15, 0.2) is 0 Å². The standard InChI is InChI=1S/C13H20O2/c1-8(2)11-6-12(10(4)7-14)9(3)5-13(11)15/h5-6,8,10,14-15H,7H2,1-4H3. The highest BCUT2D eigenvalue weighted by Crippen LogP contribution is 2.31. The maximum Gasteiger partial charge on any atom is 0.119 e. The molecule has 0 aliphatic heterocycles. The lowest BCUT2D eigenvalue weighted by molar-refractivity contribution is 0.272. The molecule has 1 aromatic rings. The van der Waals surface area contributed by atoms with E-state index in [4.69, 9.17) is 5.11 Å². The van der Waals surface area contributed by atoms with Gasteiger partial charge in [0, 0.05) is 12.5 Å². The Bertz CT molecular complexity index is 343. The van der Waals surface area contributed by atoms with Crippen LogP contribution in [-0.4, -0.2) is 16.8 Å². The van der Waals surface area contributed by atoms with Gasteiger partial charge >= 0.3 is 0 Å². The summed E-state index contributed by atoms with van der Waals surface area (Å²) >= 11 is 0. The molecule has 0 aliphatic rings. The molecule has 0 radical (unpaired) electrons. The van der Waals surface area contributed by atoms with E-state index in [0.717, 1.165) is 16.7 Å². The third kappa shape index (κ3) is 2.51. The number of aliphatic hydroxyl groups is 1. The summed E-state index contributed by atoms with van der Waals surface area (Å²) in [5.74, 6) is 0.787. The van der Waals surface area contributed by atoms with Gasteiger partial charge in [-0.3, -0.25) is 0 Å². The maximum absolute atomic E-state index is 9.78. The smallest absolute Gasteiger partial charge is 0.119 e. The molecule has 1 rings (SSSR count). The van der Waals surface area contributed by atoms with E-state index in [9.17, 15) is 5.11 Å². The Hall–Kier alpha value is -1.02. The van der Waals surface area contributed by atoms with Crippen molar-refractivity contribution in [1.82, 2.24) is 0 Å². The Morgan fingerprint density at radius 2 is 1.73 bits per heavy atom. The first kappa shape index (κ1) is 12.1. The van der Waals surface area contributed by atoms with Gasteiger partial charge in [0.2, 0.25) is 0 Å². The molecule has 1 aromatic carbocycles. The second kappa shape index (κ2) is 4.67. The van der Waals surface area contributed by atoms with E-state index < -0.39 is 0 Å². The minimum atomic E-state index is 0.128. The summed E-state index contributed by atoms with van der Waals surface area (Å²) in [7, 11) is 0. The number of benzene rings is 1. The molecule has 84 valence electrons. The van der Waals surface area contributed by atoms with Crippen molar-refractivity contribution in [3.8, 4) is 5.75 Å². The van der Waals surface area contributed by atoms with Crippen LogP contribution in [0, 0.1) is 6.92 Å². The molecular weight excluding hydrogens is 188 g/mol. The lowest BCUT2D eigenvalue weighted by Gasteiger charge is -2.17. The molecule has 0 aromatic heterocycles. The molecule has 0 fully saturated rings. The molecule has 0 spiro atoms. The average Bonchev–Trinajstić information content (AvgIpc) is 2.16. The van der Waals surface area contributed by atoms with Crippen LogP contribution in [0.15, 0.2) is 12.1 Å². The van der Waals surface area contributed by atoms with Crippen LogP contribution in [0.2, 0.25) is 0 Å². The van der Waals surface area contributed by atoms with Crippen LogP contribution in [0.1, 0.15) is 49.3 Å². The molecule has 1 atom stereocenters. The molecule has 0 amide bonds. The van der Waals surface area contributed by atoms with Crippen molar-refractivity contribution >= 4 is 0 Å². The van der Waals surface area contributed by atoms with E-state index in [0.29, 0.717) is 11.7 Å². The molecule has 2 heteroatoms. The number of aromatic hydroxyl groups is 1. The monoisotopic (exact) mass is 208 g/mol. The van der Waals surface area contributed by atoms with Gasteiger partial charge in [0.05, 0.1) is 0 Å². The number of phenols is 1. The lowest BCUT2D eigenvalue weighted by atomic mass is 9.91. The highest BCUT2D eigenvalue weighted by molar-refractivity contribution is 5.44. The first-order chi connectivity index (χ1) is 6.97. The van der Waals surface area contributed by atoms with E-state index in [-0.39, 0.29) is 12.5 Å². The Labute approximate surface area is 91.6 Å². The van der Waals surface area contributed by atoms with E-state index in [1.807, 2.05) is 19.9 Å². The lowest BCUT2D eigenvalue weighted by Crippen LogP contribution is -2.03. The van der Waals surface area contributed by atoms with Crippen molar-refractivity contribution in [3.63, 3.8) is 0 Å². The number of hydrogen-bond acceptors (Lipinski definition) is 2. The van der Waals surface area contributed by atoms with Crippen molar-refractivity contribution in [3.05, 3.63) is 28.8 Å². The summed E-state index contributed by atoms with van der Waals surface area (Å²) in [4.78, 5) is 0. The van der Waals surface area contributed by atoms with Gasteiger partial charge in [-0.1, -0.05) is 26.8 Å². The predicted octanol–water partition coefficient (Wildman–Crippen LogP) is 2.92. The highest BCUT2D eigenvalue weighted by atomic mass is 16.3. The number of phenolic OH excluding ortho intramolecular Hbond substituents is 1. The van der Waals surface area contributed by atoms with Crippen LogP contribution >= 0.6 is 0 Å². The number of rotatable bonds is 3. The zero-order valence-corrected chi connectivity index (χ0v) is 9.91. The van der Waals surface area contributed by atoms with Gasteiger partial charge < -0.3 is 10.2 Å². The average molecular weight is 208 g/mol. The van der Waals surface area contributed by atoms with Gasteiger partial charge in [0.25, 0.3) is 0 Å². The van der Waals surface area contributed by atoms with Crippen LogP contribution in [0.25, 0.3) is 0 Å². The third-order valence-corrected chi connectivity index (χ3v) is 2.84. The Morgan fingerprint density at radius 1 is 1.13 bits per heavy atom. The first-order valence-corrected chi connectivity index (χ1v) is 5.41. The van der Waals surface area contributed by atoms with Crippen molar-refractivity contribution in [2.75, 3.05) is 6.61 Å². The molecule has 15 heavy (non-hydrogen) atoms. The zero-order valence-electron chi connectivity index (χ0n) is 9.91. The van der Waals surface area contributed by atoms with Gasteiger partial charge in [-0.15, -0.1) is 0 Å². The summed E-state index contributed by atoms with van der Waals surface area (Å²) in [5, 5.41) is 18.9. The van der Waals surface area contributed by atoms with Crippen LogP contribution in [0.4, 0.5) is 0 Å². The van der Waals surface area contributed by atoms with Crippen LogP contribution < -0.4 is 0 Å². The Balaban J connectivity index is 3.23. The minimum absolute atomic E-state index is 0.128. The van der Waals surface area contributed by atoms with Gasteiger partial charge in [-0.05, 0) is 35.6 Å². The molecule has 0 bridgehead atoms. The fourth-order valence-electron chi connectivity index (χ4n) is 1.82. The van der Waals surface area contributed by atoms with Crippen LogP contribution in [0.5, 0.6) is 5.75 Å². The van der Waals surface area contributed by atoms with E-state index >= 15 is 0 Å². The van der Waals surface area contributed by atoms with Gasteiger partial charge in [-0.2, -0.15) is 0 Å². The largest absolute Gasteiger partial charge is 0.508 e. The fraction of sp³-hybridized carbons (Fsp3) is 0.538. The number of aryl methyl sites for hydroxylation is 1. The van der Waals surface area contributed by atoms with Crippen molar-refractivity contribution < 1.29 is 10.2 Å².